The van der Waals surface area contributed by atoms with Crippen molar-refractivity contribution in [3.8, 4) is 5.75 Å². The van der Waals surface area contributed by atoms with Crippen molar-refractivity contribution < 1.29 is 5.11 Å². The Morgan fingerprint density at radius 1 is 1.13 bits per heavy atom. The smallest absolute Gasteiger partial charge is 0.168 e. The number of benzene rings is 2. The highest BCUT2D eigenvalue weighted by atomic mass is 35.5. The minimum atomic E-state index is 0.301. The molecule has 0 amide bonds. The highest BCUT2D eigenvalue weighted by molar-refractivity contribution is 8.16. The Hall–Kier alpha value is -1.91. The monoisotopic (exact) mass is 342 g/mol. The van der Waals surface area contributed by atoms with E-state index in [0.717, 1.165) is 28.7 Å². The lowest BCUT2D eigenvalue weighted by atomic mass is 10.0. The molecular formula is C18H15ClN2OS. The van der Waals surface area contributed by atoms with Crippen LogP contribution < -0.4 is 0 Å². The molecule has 2 aromatic carbocycles. The maximum atomic E-state index is 9.42. The fourth-order valence-corrected chi connectivity index (χ4v) is 4.05. The van der Waals surface area contributed by atoms with Crippen LogP contribution in [0.2, 0.25) is 5.02 Å². The third-order valence-corrected chi connectivity index (χ3v) is 5.22. The van der Waals surface area contributed by atoms with Crippen molar-refractivity contribution in [2.75, 3.05) is 6.54 Å². The summed E-state index contributed by atoms with van der Waals surface area (Å²) in [5, 5.41) is 13.4. The average Bonchev–Trinajstić information content (AvgIpc) is 3.14. The zero-order chi connectivity index (χ0) is 15.8. The predicted octanol–water partition coefficient (Wildman–Crippen LogP) is 4.37. The zero-order valence-electron chi connectivity index (χ0n) is 12.3. The molecule has 0 spiro atoms. The van der Waals surface area contributed by atoms with Crippen LogP contribution in [0, 0.1) is 0 Å². The van der Waals surface area contributed by atoms with Crippen LogP contribution in [0.3, 0.4) is 0 Å². The van der Waals surface area contributed by atoms with Gasteiger partial charge >= 0.3 is 0 Å². The molecule has 0 saturated heterocycles. The second kappa shape index (κ2) is 5.95. The summed E-state index contributed by atoms with van der Waals surface area (Å²) in [6.45, 7) is 0.800. The van der Waals surface area contributed by atoms with Crippen LogP contribution in [-0.4, -0.2) is 27.8 Å². The van der Waals surface area contributed by atoms with E-state index < -0.39 is 0 Å². The van der Waals surface area contributed by atoms with E-state index >= 15 is 0 Å². The van der Waals surface area contributed by atoms with Crippen LogP contribution in [-0.2, 0) is 6.42 Å². The normalized spacial score (nSPS) is 19.5. The fraction of sp³-hybridized carbons (Fsp3) is 0.167. The summed E-state index contributed by atoms with van der Waals surface area (Å²) >= 11 is 7.67. The molecule has 2 heterocycles. The molecule has 0 bridgehead atoms. The van der Waals surface area contributed by atoms with Gasteiger partial charge in [0.15, 0.2) is 5.17 Å². The Balaban J connectivity index is 1.58. The maximum absolute atomic E-state index is 9.42. The van der Waals surface area contributed by atoms with Gasteiger partial charge in [-0.05, 0) is 41.8 Å². The Labute approximate surface area is 144 Å². The number of aromatic hydroxyl groups is 1. The van der Waals surface area contributed by atoms with E-state index in [2.05, 4.69) is 15.3 Å². The second-order valence-corrected chi connectivity index (χ2v) is 6.92. The van der Waals surface area contributed by atoms with E-state index in [1.54, 1.807) is 23.9 Å². The Morgan fingerprint density at radius 2 is 1.87 bits per heavy atom. The van der Waals surface area contributed by atoms with Crippen LogP contribution in [0.25, 0.3) is 5.70 Å². The summed E-state index contributed by atoms with van der Waals surface area (Å²) < 4.78 is 0. The molecule has 0 saturated carbocycles. The van der Waals surface area contributed by atoms with Crippen LogP contribution in [0.5, 0.6) is 5.75 Å². The molecule has 2 aliphatic heterocycles. The number of fused-ring (bicyclic) bond motifs is 1. The largest absolute Gasteiger partial charge is 0.508 e. The minimum Gasteiger partial charge on any atom is -0.508 e. The van der Waals surface area contributed by atoms with Crippen LogP contribution in [0.15, 0.2) is 58.9 Å². The zero-order valence-corrected chi connectivity index (χ0v) is 13.9. The molecule has 4 rings (SSSR count). The van der Waals surface area contributed by atoms with E-state index in [4.69, 9.17) is 11.6 Å². The number of nitrogens with zero attached hydrogens (tertiary/aromatic N) is 2. The molecule has 0 radical (unpaired) electrons. The second-order valence-electron chi connectivity index (χ2n) is 5.65. The fourth-order valence-electron chi connectivity index (χ4n) is 2.94. The molecule has 0 aliphatic carbocycles. The van der Waals surface area contributed by atoms with Crippen LogP contribution in [0.4, 0.5) is 0 Å². The van der Waals surface area contributed by atoms with E-state index in [1.165, 1.54) is 11.3 Å². The first kappa shape index (κ1) is 14.7. The van der Waals surface area contributed by atoms with Crippen LogP contribution in [0.1, 0.15) is 11.1 Å². The SMILES string of the molecule is Oc1ccc(C[C@@H]2CN=C3SC=C(c4ccc(Cl)cc4)N32)cc1. The summed E-state index contributed by atoms with van der Waals surface area (Å²) in [6.07, 6.45) is 0.902. The summed E-state index contributed by atoms with van der Waals surface area (Å²) in [5.74, 6) is 0.301. The third-order valence-electron chi connectivity index (χ3n) is 4.09. The van der Waals surface area contributed by atoms with Crippen molar-refractivity contribution in [2.45, 2.75) is 12.5 Å². The van der Waals surface area contributed by atoms with Gasteiger partial charge in [0.05, 0.1) is 18.3 Å². The Morgan fingerprint density at radius 3 is 2.61 bits per heavy atom. The number of halogens is 1. The first-order chi connectivity index (χ1) is 11.2. The summed E-state index contributed by atoms with van der Waals surface area (Å²) in [5.41, 5.74) is 3.55. The topological polar surface area (TPSA) is 35.8 Å². The van der Waals surface area contributed by atoms with Gasteiger partial charge in [-0.2, -0.15) is 0 Å². The molecule has 23 heavy (non-hydrogen) atoms. The molecule has 5 heteroatoms. The molecule has 2 aromatic rings. The van der Waals surface area contributed by atoms with E-state index in [9.17, 15) is 5.11 Å². The molecule has 0 unspecified atom stereocenters. The molecule has 116 valence electrons. The van der Waals surface area contributed by atoms with Gasteiger partial charge in [-0.1, -0.05) is 47.6 Å². The lowest BCUT2D eigenvalue weighted by Crippen LogP contribution is -2.33. The van der Waals surface area contributed by atoms with Gasteiger partial charge in [-0.15, -0.1) is 0 Å². The number of amidine groups is 1. The van der Waals surface area contributed by atoms with Gasteiger partial charge in [-0.25, -0.2) is 0 Å². The van der Waals surface area contributed by atoms with E-state index in [-0.39, 0.29) is 0 Å². The molecule has 3 nitrogen and oxygen atoms in total. The molecule has 0 aromatic heterocycles. The molecular weight excluding hydrogens is 328 g/mol. The van der Waals surface area contributed by atoms with Gasteiger partial charge in [0.2, 0.25) is 0 Å². The summed E-state index contributed by atoms with van der Waals surface area (Å²) in [7, 11) is 0. The number of rotatable bonds is 3. The first-order valence-electron chi connectivity index (χ1n) is 7.45. The highest BCUT2D eigenvalue weighted by Gasteiger charge is 2.34. The van der Waals surface area contributed by atoms with Gasteiger partial charge in [0.25, 0.3) is 0 Å². The quantitative estimate of drug-likeness (QED) is 0.899. The first-order valence-corrected chi connectivity index (χ1v) is 8.71. The highest BCUT2D eigenvalue weighted by Crippen LogP contribution is 2.39. The maximum Gasteiger partial charge on any atom is 0.168 e. The van der Waals surface area contributed by atoms with Gasteiger partial charge in [0.1, 0.15) is 5.75 Å². The average molecular weight is 343 g/mol. The number of phenols is 1. The number of hydrogen-bond acceptors (Lipinski definition) is 4. The Bertz CT molecular complexity index is 784. The van der Waals surface area contributed by atoms with E-state index in [1.807, 2.05) is 36.4 Å². The molecule has 1 N–H and O–H groups in total. The summed E-state index contributed by atoms with van der Waals surface area (Å²) in [6, 6.07) is 15.7. The van der Waals surface area contributed by atoms with Crippen molar-refractivity contribution in [3.05, 3.63) is 70.1 Å². The van der Waals surface area contributed by atoms with Crippen molar-refractivity contribution >= 4 is 34.2 Å². The summed E-state index contributed by atoms with van der Waals surface area (Å²) in [4.78, 5) is 6.98. The number of thioether (sulfide) groups is 1. The van der Waals surface area contributed by atoms with Crippen molar-refractivity contribution in [1.29, 1.82) is 0 Å². The minimum absolute atomic E-state index is 0.301. The van der Waals surface area contributed by atoms with Crippen molar-refractivity contribution in [1.82, 2.24) is 4.90 Å². The lowest BCUT2D eigenvalue weighted by molar-refractivity contribution is 0.460. The lowest BCUT2D eigenvalue weighted by Gasteiger charge is -2.26. The number of hydrogen-bond donors (Lipinski definition) is 1. The number of phenolic OH excluding ortho intramolecular Hbond substituents is 1. The van der Waals surface area contributed by atoms with Crippen molar-refractivity contribution in [3.63, 3.8) is 0 Å². The Kier molecular flexibility index (Phi) is 3.79. The molecule has 1 atom stereocenters. The van der Waals surface area contributed by atoms with Crippen LogP contribution >= 0.6 is 23.4 Å². The predicted molar refractivity (Wildman–Crippen MR) is 96.8 cm³/mol. The van der Waals surface area contributed by atoms with Crippen molar-refractivity contribution in [2.24, 2.45) is 4.99 Å². The van der Waals surface area contributed by atoms with E-state index in [0.29, 0.717) is 11.8 Å². The standard InChI is InChI=1S/C18H15ClN2OS/c19-14-5-3-13(4-6-14)17-11-23-18-20-10-15(21(17)18)9-12-1-7-16(22)8-2-12/h1-8,11,15,22H,9-10H2/t15-/m1/s1. The van der Waals surface area contributed by atoms with Gasteiger partial charge in [-0.3, -0.25) is 4.99 Å². The number of aliphatic imine (C=N–C) groups is 1. The molecule has 2 aliphatic rings. The third kappa shape index (κ3) is 2.84. The molecule has 0 fully saturated rings. The van der Waals surface area contributed by atoms with Gasteiger partial charge < -0.3 is 10.0 Å². The van der Waals surface area contributed by atoms with Gasteiger partial charge in [0, 0.05) is 10.4 Å².